The van der Waals surface area contributed by atoms with Crippen LogP contribution in [0.2, 0.25) is 5.02 Å². The number of nitrogens with zero attached hydrogens (tertiary/aromatic N) is 3. The lowest BCUT2D eigenvalue weighted by Gasteiger charge is -2.27. The van der Waals surface area contributed by atoms with Gasteiger partial charge in [-0.3, -0.25) is 14.6 Å². The number of carbonyl (C=O) groups is 2. The van der Waals surface area contributed by atoms with Crippen LogP contribution in [0, 0.1) is 6.92 Å². The van der Waals surface area contributed by atoms with Gasteiger partial charge in [0.15, 0.2) is 0 Å². The van der Waals surface area contributed by atoms with Crippen LogP contribution in [0.5, 0.6) is 0 Å². The standard InChI is InChI=1S/C28H24ClN5O4S/c1-18-5-12-26(31-16-18)33-27(35)19-7-10-23(11-8-19)39(37,38)34-17-20-6-9-21(29)14-24(20)32-28(36)25(34)15-22-4-2-3-13-30-22/h2-14,16,25H,15,17H2,1H3,(H,32,36)(H,31,33,35)/t25-/m1/s1. The van der Waals surface area contributed by atoms with Crippen molar-refractivity contribution in [2.24, 2.45) is 0 Å². The molecule has 1 atom stereocenters. The molecule has 5 rings (SSSR count). The molecule has 1 aliphatic rings. The summed E-state index contributed by atoms with van der Waals surface area (Å²) in [6, 6.07) is 18.2. The third-order valence-corrected chi connectivity index (χ3v) is 8.41. The summed E-state index contributed by atoms with van der Waals surface area (Å²) in [5.74, 6) is -0.538. The Morgan fingerprint density at radius 3 is 2.56 bits per heavy atom. The van der Waals surface area contributed by atoms with Gasteiger partial charge in [-0.1, -0.05) is 29.8 Å². The van der Waals surface area contributed by atoms with E-state index in [1.165, 1.54) is 28.6 Å². The first-order valence-corrected chi connectivity index (χ1v) is 13.9. The molecule has 0 bridgehead atoms. The van der Waals surface area contributed by atoms with Gasteiger partial charge in [0, 0.05) is 47.3 Å². The van der Waals surface area contributed by atoms with Crippen molar-refractivity contribution in [3.8, 4) is 0 Å². The number of halogens is 1. The molecule has 0 spiro atoms. The summed E-state index contributed by atoms with van der Waals surface area (Å²) in [6.07, 6.45) is 3.29. The zero-order valence-corrected chi connectivity index (χ0v) is 22.4. The first kappa shape index (κ1) is 26.5. The van der Waals surface area contributed by atoms with Crippen LogP contribution in [0.1, 0.15) is 27.2 Å². The summed E-state index contributed by atoms with van der Waals surface area (Å²) < 4.78 is 29.1. The third kappa shape index (κ3) is 5.83. The van der Waals surface area contributed by atoms with Crippen LogP contribution < -0.4 is 10.6 Å². The highest BCUT2D eigenvalue weighted by Gasteiger charge is 2.39. The predicted molar refractivity (Wildman–Crippen MR) is 148 cm³/mol. The quantitative estimate of drug-likeness (QED) is 0.359. The summed E-state index contributed by atoms with van der Waals surface area (Å²) in [4.78, 5) is 34.5. The number of pyridine rings is 2. The highest BCUT2D eigenvalue weighted by molar-refractivity contribution is 7.89. The van der Waals surface area contributed by atoms with Crippen LogP contribution in [0.4, 0.5) is 11.5 Å². The second-order valence-electron chi connectivity index (χ2n) is 9.08. The molecule has 0 radical (unpaired) electrons. The fourth-order valence-corrected chi connectivity index (χ4v) is 5.97. The van der Waals surface area contributed by atoms with E-state index >= 15 is 0 Å². The Kier molecular flexibility index (Phi) is 7.42. The number of aryl methyl sites for hydroxylation is 1. The minimum absolute atomic E-state index is 0.0521. The Morgan fingerprint density at radius 1 is 1.08 bits per heavy atom. The Labute approximate surface area is 230 Å². The number of aromatic nitrogens is 2. The SMILES string of the molecule is Cc1ccc(NC(=O)c2ccc(S(=O)(=O)N3Cc4ccc(Cl)cc4NC(=O)[C@H]3Cc3ccccn3)cc2)nc1. The van der Waals surface area contributed by atoms with Gasteiger partial charge in [0.2, 0.25) is 15.9 Å². The van der Waals surface area contributed by atoms with Gasteiger partial charge in [-0.25, -0.2) is 13.4 Å². The first-order valence-electron chi connectivity index (χ1n) is 12.1. The van der Waals surface area contributed by atoms with E-state index in [1.54, 1.807) is 54.9 Å². The number of hydrogen-bond acceptors (Lipinski definition) is 6. The Hall–Kier alpha value is -4.12. The molecule has 0 saturated carbocycles. The summed E-state index contributed by atoms with van der Waals surface area (Å²) in [5.41, 5.74) is 2.83. The van der Waals surface area contributed by atoms with Gasteiger partial charge in [0.05, 0.1) is 4.90 Å². The average molecular weight is 562 g/mol. The average Bonchev–Trinajstić information content (AvgIpc) is 3.06. The van der Waals surface area contributed by atoms with Crippen LogP contribution in [0.3, 0.4) is 0 Å². The summed E-state index contributed by atoms with van der Waals surface area (Å²) in [7, 11) is -4.18. The van der Waals surface area contributed by atoms with Crippen molar-refractivity contribution in [1.82, 2.24) is 14.3 Å². The maximum Gasteiger partial charge on any atom is 0.256 e. The summed E-state index contributed by atoms with van der Waals surface area (Å²) >= 11 is 6.13. The van der Waals surface area contributed by atoms with Gasteiger partial charge in [0.25, 0.3) is 5.91 Å². The molecule has 198 valence electrons. The van der Waals surface area contributed by atoms with Crippen molar-refractivity contribution >= 4 is 44.9 Å². The molecule has 3 heterocycles. The van der Waals surface area contributed by atoms with E-state index in [9.17, 15) is 18.0 Å². The molecule has 0 aliphatic carbocycles. The van der Waals surface area contributed by atoms with Gasteiger partial charge in [0.1, 0.15) is 11.9 Å². The largest absolute Gasteiger partial charge is 0.324 e. The number of amides is 2. The Morgan fingerprint density at radius 2 is 1.87 bits per heavy atom. The molecule has 2 aromatic heterocycles. The van der Waals surface area contributed by atoms with Crippen LogP contribution in [-0.4, -0.2) is 40.5 Å². The van der Waals surface area contributed by atoms with Gasteiger partial charge < -0.3 is 10.6 Å². The molecular formula is C28H24ClN5O4S. The highest BCUT2D eigenvalue weighted by Crippen LogP contribution is 2.31. The molecule has 9 nitrogen and oxygen atoms in total. The summed E-state index contributed by atoms with van der Waals surface area (Å²) in [5, 5.41) is 5.93. The first-order chi connectivity index (χ1) is 18.7. The summed E-state index contributed by atoms with van der Waals surface area (Å²) in [6.45, 7) is 1.83. The fourth-order valence-electron chi connectivity index (χ4n) is 4.24. The zero-order chi connectivity index (χ0) is 27.6. The number of anilines is 2. The predicted octanol–water partition coefficient (Wildman–Crippen LogP) is 4.45. The molecular weight excluding hydrogens is 538 g/mol. The van der Waals surface area contributed by atoms with Crippen molar-refractivity contribution in [3.63, 3.8) is 0 Å². The third-order valence-electron chi connectivity index (χ3n) is 6.31. The molecule has 1 aliphatic heterocycles. The van der Waals surface area contributed by atoms with Crippen LogP contribution in [0.15, 0.2) is 90.1 Å². The second kappa shape index (κ2) is 10.9. The van der Waals surface area contributed by atoms with E-state index in [-0.39, 0.29) is 23.4 Å². The van der Waals surface area contributed by atoms with Crippen LogP contribution >= 0.6 is 11.6 Å². The fraction of sp³-hybridized carbons (Fsp3) is 0.143. The number of benzene rings is 2. The molecule has 11 heteroatoms. The molecule has 0 saturated heterocycles. The lowest BCUT2D eigenvalue weighted by molar-refractivity contribution is -0.119. The topological polar surface area (TPSA) is 121 Å². The molecule has 0 fully saturated rings. The second-order valence-corrected chi connectivity index (χ2v) is 11.4. The minimum Gasteiger partial charge on any atom is -0.324 e. The van der Waals surface area contributed by atoms with E-state index < -0.39 is 27.9 Å². The van der Waals surface area contributed by atoms with Crippen LogP contribution in [-0.2, 0) is 27.8 Å². The number of fused-ring (bicyclic) bond motifs is 1. The van der Waals surface area contributed by atoms with Gasteiger partial charge in [-0.2, -0.15) is 4.31 Å². The monoisotopic (exact) mass is 561 g/mol. The number of nitrogens with one attached hydrogen (secondary N) is 2. The lowest BCUT2D eigenvalue weighted by atomic mass is 10.1. The molecule has 2 amide bonds. The number of sulfonamides is 1. The molecule has 0 unspecified atom stereocenters. The molecule has 4 aromatic rings. The molecule has 39 heavy (non-hydrogen) atoms. The van der Waals surface area contributed by atoms with E-state index in [0.717, 1.165) is 5.56 Å². The van der Waals surface area contributed by atoms with E-state index in [0.29, 0.717) is 27.8 Å². The molecule has 2 aromatic carbocycles. The lowest BCUT2D eigenvalue weighted by Crippen LogP contribution is -2.46. The van der Waals surface area contributed by atoms with Crippen molar-refractivity contribution < 1.29 is 18.0 Å². The van der Waals surface area contributed by atoms with E-state index in [4.69, 9.17) is 11.6 Å². The number of rotatable bonds is 6. The smallest absolute Gasteiger partial charge is 0.256 e. The van der Waals surface area contributed by atoms with Gasteiger partial charge >= 0.3 is 0 Å². The zero-order valence-electron chi connectivity index (χ0n) is 20.8. The van der Waals surface area contributed by atoms with Crippen LogP contribution in [0.25, 0.3) is 0 Å². The van der Waals surface area contributed by atoms with Crippen molar-refractivity contribution in [3.05, 3.63) is 113 Å². The number of carbonyl (C=O) groups excluding carboxylic acids is 2. The van der Waals surface area contributed by atoms with Crippen molar-refractivity contribution in [2.75, 3.05) is 10.6 Å². The Bertz CT molecular complexity index is 1630. The number of hydrogen-bond donors (Lipinski definition) is 2. The Balaban J connectivity index is 1.46. The maximum absolute atomic E-state index is 14.0. The van der Waals surface area contributed by atoms with E-state index in [1.807, 2.05) is 13.0 Å². The normalized spacial score (nSPS) is 15.6. The van der Waals surface area contributed by atoms with Gasteiger partial charge in [-0.15, -0.1) is 0 Å². The van der Waals surface area contributed by atoms with Gasteiger partial charge in [-0.05, 0) is 72.6 Å². The minimum atomic E-state index is -4.18. The van der Waals surface area contributed by atoms with Crippen molar-refractivity contribution in [2.45, 2.75) is 30.8 Å². The maximum atomic E-state index is 14.0. The van der Waals surface area contributed by atoms with Crippen molar-refractivity contribution in [1.29, 1.82) is 0 Å². The highest BCUT2D eigenvalue weighted by atomic mass is 35.5. The molecule has 2 N–H and O–H groups in total. The van der Waals surface area contributed by atoms with E-state index in [2.05, 4.69) is 20.6 Å².